The van der Waals surface area contributed by atoms with E-state index in [2.05, 4.69) is 27.3 Å². The Morgan fingerprint density at radius 1 is 1.30 bits per heavy atom. The highest BCUT2D eigenvalue weighted by Crippen LogP contribution is 2.30. The van der Waals surface area contributed by atoms with E-state index < -0.39 is 0 Å². The summed E-state index contributed by atoms with van der Waals surface area (Å²) < 4.78 is 2.57. The molecule has 1 aliphatic rings. The van der Waals surface area contributed by atoms with Crippen LogP contribution in [0.15, 0.2) is 45.8 Å². The predicted octanol–water partition coefficient (Wildman–Crippen LogP) is 3.33. The minimum atomic E-state index is -0.106. The van der Waals surface area contributed by atoms with Crippen LogP contribution in [-0.2, 0) is 24.0 Å². The Morgan fingerprint density at radius 3 is 2.91 bits per heavy atom. The summed E-state index contributed by atoms with van der Waals surface area (Å²) in [5.41, 5.74) is 2.99. The maximum absolute atomic E-state index is 12.4. The fourth-order valence-corrected chi connectivity index (χ4v) is 4.03. The van der Waals surface area contributed by atoms with Gasteiger partial charge in [0.1, 0.15) is 0 Å². The molecule has 1 aromatic carbocycles. The number of carbonyl (C=O) groups excluding carboxylic acids is 1. The van der Waals surface area contributed by atoms with E-state index in [1.807, 2.05) is 18.2 Å². The number of hydrogen-bond donors (Lipinski definition) is 1. The Hall–Kier alpha value is -1.53. The molecule has 0 spiro atoms. The van der Waals surface area contributed by atoms with Gasteiger partial charge in [-0.2, -0.15) is 0 Å². The maximum Gasteiger partial charge on any atom is 0.250 e. The van der Waals surface area contributed by atoms with Crippen LogP contribution in [0.3, 0.4) is 0 Å². The van der Waals surface area contributed by atoms with Crippen LogP contribution in [0.25, 0.3) is 0 Å². The highest BCUT2D eigenvalue weighted by molar-refractivity contribution is 9.10. The lowest BCUT2D eigenvalue weighted by molar-refractivity contribution is -0.115. The molecule has 4 nitrogen and oxygen atoms in total. The summed E-state index contributed by atoms with van der Waals surface area (Å²) in [7, 11) is 1.73. The van der Waals surface area contributed by atoms with E-state index in [9.17, 15) is 9.59 Å². The molecule has 0 saturated heterocycles. The van der Waals surface area contributed by atoms with Crippen molar-refractivity contribution in [1.82, 2.24) is 4.57 Å². The van der Waals surface area contributed by atoms with Crippen LogP contribution in [0.1, 0.15) is 17.5 Å². The first-order valence-corrected chi connectivity index (χ1v) is 9.23. The van der Waals surface area contributed by atoms with Crippen molar-refractivity contribution < 1.29 is 4.79 Å². The summed E-state index contributed by atoms with van der Waals surface area (Å²) in [6.45, 7) is 0. The first-order valence-electron chi connectivity index (χ1n) is 7.39. The van der Waals surface area contributed by atoms with Crippen molar-refractivity contribution in [3.8, 4) is 0 Å². The molecule has 6 heteroatoms. The number of carbonyl (C=O) groups is 1. The Labute approximate surface area is 147 Å². The molecule has 0 bridgehead atoms. The number of hydrogen-bond acceptors (Lipinski definition) is 3. The molecule has 1 aromatic heterocycles. The second-order valence-electron chi connectivity index (χ2n) is 5.61. The number of amides is 1. The van der Waals surface area contributed by atoms with Gasteiger partial charge in [0.2, 0.25) is 5.91 Å². The van der Waals surface area contributed by atoms with E-state index in [1.165, 1.54) is 0 Å². The van der Waals surface area contributed by atoms with E-state index in [0.717, 1.165) is 34.1 Å². The number of nitrogens with one attached hydrogen (secondary N) is 1. The summed E-state index contributed by atoms with van der Waals surface area (Å²) in [4.78, 5) is 24.1. The summed E-state index contributed by atoms with van der Waals surface area (Å²) >= 11 is 5.06. The normalized spacial score (nSPS) is 17.3. The Bertz CT molecular complexity index is 803. The molecule has 23 heavy (non-hydrogen) atoms. The lowest BCUT2D eigenvalue weighted by Gasteiger charge is -2.12. The van der Waals surface area contributed by atoms with Crippen LogP contribution in [0.5, 0.6) is 0 Å². The molecule has 3 rings (SSSR count). The van der Waals surface area contributed by atoms with E-state index >= 15 is 0 Å². The average Bonchev–Trinajstić information content (AvgIpc) is 2.67. The van der Waals surface area contributed by atoms with Crippen LogP contribution >= 0.6 is 27.7 Å². The second kappa shape index (κ2) is 6.93. The monoisotopic (exact) mass is 392 g/mol. The third kappa shape index (κ3) is 3.87. The van der Waals surface area contributed by atoms with E-state index in [-0.39, 0.29) is 16.7 Å². The number of halogens is 1. The highest BCUT2D eigenvalue weighted by atomic mass is 79.9. The molecular weight excluding hydrogens is 376 g/mol. The molecule has 1 amide bonds. The molecule has 2 aromatic rings. The van der Waals surface area contributed by atoms with Gasteiger partial charge in [0.25, 0.3) is 5.56 Å². The fraction of sp³-hybridized carbons (Fsp3) is 0.294. The SMILES string of the molecule is Cn1ccc(CSC2CCc3cc(Br)ccc3NC2=O)cc1=O. The second-order valence-corrected chi connectivity index (χ2v) is 7.72. The largest absolute Gasteiger partial charge is 0.325 e. The van der Waals surface area contributed by atoms with Crippen LogP contribution in [0.4, 0.5) is 5.69 Å². The number of fused-ring (bicyclic) bond motifs is 1. The van der Waals surface area contributed by atoms with Crippen molar-refractivity contribution in [3.05, 3.63) is 62.5 Å². The van der Waals surface area contributed by atoms with Crippen molar-refractivity contribution in [2.75, 3.05) is 5.32 Å². The van der Waals surface area contributed by atoms with Gasteiger partial charge >= 0.3 is 0 Å². The number of aryl methyl sites for hydroxylation is 2. The van der Waals surface area contributed by atoms with Gasteiger partial charge in [-0.05, 0) is 48.2 Å². The zero-order valence-corrected chi connectivity index (χ0v) is 15.1. The smallest absolute Gasteiger partial charge is 0.250 e. The molecule has 1 unspecified atom stereocenters. The number of nitrogens with zero attached hydrogens (tertiary/aromatic N) is 1. The Kier molecular flexibility index (Phi) is 4.92. The van der Waals surface area contributed by atoms with Gasteiger partial charge in [-0.25, -0.2) is 0 Å². The van der Waals surface area contributed by atoms with Crippen molar-refractivity contribution in [2.45, 2.75) is 23.8 Å². The molecular formula is C17H17BrN2O2S. The zero-order valence-electron chi connectivity index (χ0n) is 12.7. The molecule has 0 saturated carbocycles. The minimum absolute atomic E-state index is 0.0225. The maximum atomic E-state index is 12.4. The summed E-state index contributed by atoms with van der Waals surface area (Å²) in [5, 5.41) is 2.90. The van der Waals surface area contributed by atoms with Gasteiger partial charge in [-0.3, -0.25) is 9.59 Å². The van der Waals surface area contributed by atoms with Gasteiger partial charge in [0.05, 0.1) is 5.25 Å². The number of anilines is 1. The lowest BCUT2D eigenvalue weighted by Crippen LogP contribution is -2.24. The van der Waals surface area contributed by atoms with Gasteiger partial charge < -0.3 is 9.88 Å². The average molecular weight is 393 g/mol. The minimum Gasteiger partial charge on any atom is -0.325 e. The third-order valence-corrected chi connectivity index (χ3v) is 5.76. The van der Waals surface area contributed by atoms with Crippen LogP contribution in [-0.4, -0.2) is 15.7 Å². The molecule has 0 aliphatic carbocycles. The first-order chi connectivity index (χ1) is 11.0. The van der Waals surface area contributed by atoms with Crippen molar-refractivity contribution in [3.63, 3.8) is 0 Å². The third-order valence-electron chi connectivity index (χ3n) is 3.91. The lowest BCUT2D eigenvalue weighted by atomic mass is 10.1. The number of benzene rings is 1. The number of aromatic nitrogens is 1. The number of thioether (sulfide) groups is 1. The van der Waals surface area contributed by atoms with Crippen LogP contribution in [0, 0.1) is 0 Å². The van der Waals surface area contributed by atoms with Gasteiger partial charge in [-0.15, -0.1) is 11.8 Å². The van der Waals surface area contributed by atoms with Gasteiger partial charge in [-0.1, -0.05) is 15.9 Å². The van der Waals surface area contributed by atoms with Crippen molar-refractivity contribution >= 4 is 39.3 Å². The standard InChI is InChI=1S/C17H17BrN2O2S/c1-20-7-6-11(8-16(20)21)10-23-15-5-2-12-9-13(18)3-4-14(12)19-17(15)22/h3-4,6-9,15H,2,5,10H2,1H3,(H,19,22). The topological polar surface area (TPSA) is 51.1 Å². The highest BCUT2D eigenvalue weighted by Gasteiger charge is 2.24. The van der Waals surface area contributed by atoms with E-state index in [4.69, 9.17) is 0 Å². The zero-order chi connectivity index (χ0) is 16.4. The quantitative estimate of drug-likeness (QED) is 0.871. The van der Waals surface area contributed by atoms with Crippen molar-refractivity contribution in [1.29, 1.82) is 0 Å². The predicted molar refractivity (Wildman–Crippen MR) is 97.9 cm³/mol. The van der Waals surface area contributed by atoms with Crippen LogP contribution in [0.2, 0.25) is 0 Å². The molecule has 1 aliphatic heterocycles. The van der Waals surface area contributed by atoms with Crippen LogP contribution < -0.4 is 10.9 Å². The molecule has 120 valence electrons. The Morgan fingerprint density at radius 2 is 2.13 bits per heavy atom. The Balaban J connectivity index is 1.68. The first kappa shape index (κ1) is 16.3. The molecule has 0 fully saturated rings. The molecule has 2 heterocycles. The summed E-state index contributed by atoms with van der Waals surface area (Å²) in [6, 6.07) is 9.49. The molecule has 1 atom stereocenters. The molecule has 0 radical (unpaired) electrons. The summed E-state index contributed by atoms with van der Waals surface area (Å²) in [5.74, 6) is 0.702. The van der Waals surface area contributed by atoms with Gasteiger partial charge in [0, 0.05) is 35.2 Å². The van der Waals surface area contributed by atoms with E-state index in [0.29, 0.717) is 5.75 Å². The summed E-state index contributed by atoms with van der Waals surface area (Å²) in [6.07, 6.45) is 3.42. The molecule has 1 N–H and O–H groups in total. The fourth-order valence-electron chi connectivity index (χ4n) is 2.56. The van der Waals surface area contributed by atoms with Crippen molar-refractivity contribution in [2.24, 2.45) is 7.05 Å². The number of pyridine rings is 1. The van der Waals surface area contributed by atoms with Gasteiger partial charge in [0.15, 0.2) is 0 Å². The number of rotatable bonds is 3. The van der Waals surface area contributed by atoms with E-state index in [1.54, 1.807) is 35.6 Å².